The van der Waals surface area contributed by atoms with Gasteiger partial charge in [-0.25, -0.2) is 0 Å². The van der Waals surface area contributed by atoms with Crippen molar-refractivity contribution < 1.29 is 14.6 Å². The van der Waals surface area contributed by atoms with E-state index in [-0.39, 0.29) is 25.0 Å². The van der Waals surface area contributed by atoms with Gasteiger partial charge in [0.2, 0.25) is 0 Å². The molecule has 0 spiro atoms. The third-order valence-corrected chi connectivity index (χ3v) is 5.15. The predicted octanol–water partition coefficient (Wildman–Crippen LogP) is 3.78. The Bertz CT molecular complexity index is 690. The van der Waals surface area contributed by atoms with Crippen LogP contribution >= 0.6 is 0 Å². The van der Waals surface area contributed by atoms with Gasteiger partial charge in [0.15, 0.2) is 0 Å². The highest BCUT2D eigenvalue weighted by atomic mass is 16.6. The van der Waals surface area contributed by atoms with Crippen molar-refractivity contribution >= 4 is 5.97 Å². The first-order chi connectivity index (χ1) is 13.0. The van der Waals surface area contributed by atoms with Crippen molar-refractivity contribution in [3.8, 4) is 0 Å². The molecule has 2 aromatic rings. The van der Waals surface area contributed by atoms with Gasteiger partial charge in [0.1, 0.15) is 12.2 Å². The molecule has 2 atom stereocenters. The number of ether oxygens (including phenoxy) is 1. The summed E-state index contributed by atoms with van der Waals surface area (Å²) in [5.74, 6) is 0.0782. The lowest BCUT2D eigenvalue weighted by Crippen LogP contribution is -2.53. The molecule has 0 amide bonds. The van der Waals surface area contributed by atoms with Crippen LogP contribution in [0.2, 0.25) is 0 Å². The zero-order chi connectivity index (χ0) is 19.3. The summed E-state index contributed by atoms with van der Waals surface area (Å²) in [6, 6.07) is 20.4. The van der Waals surface area contributed by atoms with Crippen LogP contribution in [0.15, 0.2) is 60.7 Å². The topological polar surface area (TPSA) is 49.8 Å². The highest BCUT2D eigenvalue weighted by molar-refractivity contribution is 5.73. The van der Waals surface area contributed by atoms with Crippen LogP contribution in [0.4, 0.5) is 0 Å². The summed E-state index contributed by atoms with van der Waals surface area (Å²) in [4.78, 5) is 14.1. The number of rotatable bonds is 8. The van der Waals surface area contributed by atoms with Gasteiger partial charge in [-0.1, -0.05) is 74.5 Å². The predicted molar refractivity (Wildman–Crippen MR) is 106 cm³/mol. The van der Waals surface area contributed by atoms with Gasteiger partial charge in [-0.05, 0) is 23.5 Å². The average Bonchev–Trinajstić information content (AvgIpc) is 3.00. The molecule has 1 heterocycles. The molecular weight excluding hydrogens is 338 g/mol. The normalized spacial score (nSPS) is 20.9. The second-order valence-electron chi connectivity index (χ2n) is 7.96. The summed E-state index contributed by atoms with van der Waals surface area (Å²) in [5, 5.41) is 11.3. The van der Waals surface area contributed by atoms with Crippen LogP contribution < -0.4 is 0 Å². The molecule has 3 rings (SSSR count). The standard InChI is InChI=1S/C23H29NO3/c1-18(2)13-21(23(26)14-22(25)27-17-23)24(15-19-9-5-3-6-10-19)16-20-11-7-4-8-12-20/h3-12,18,21,26H,13-17H2,1-2H3/t21-,23-/m0/s1. The molecule has 1 fully saturated rings. The zero-order valence-corrected chi connectivity index (χ0v) is 16.2. The van der Waals surface area contributed by atoms with E-state index in [1.807, 2.05) is 36.4 Å². The van der Waals surface area contributed by atoms with E-state index in [1.54, 1.807) is 0 Å². The van der Waals surface area contributed by atoms with Crippen molar-refractivity contribution in [1.29, 1.82) is 0 Å². The zero-order valence-electron chi connectivity index (χ0n) is 16.2. The molecule has 1 aliphatic heterocycles. The van der Waals surface area contributed by atoms with Crippen LogP contribution in [0, 0.1) is 5.92 Å². The van der Waals surface area contributed by atoms with E-state index in [4.69, 9.17) is 4.74 Å². The van der Waals surface area contributed by atoms with Crippen molar-refractivity contribution in [3.63, 3.8) is 0 Å². The Labute approximate surface area is 161 Å². The molecule has 2 aromatic carbocycles. The molecule has 0 unspecified atom stereocenters. The maximum atomic E-state index is 11.8. The number of cyclic esters (lactones) is 1. The van der Waals surface area contributed by atoms with E-state index in [0.717, 1.165) is 6.42 Å². The van der Waals surface area contributed by atoms with Crippen LogP contribution in [0.3, 0.4) is 0 Å². The number of hydrogen-bond acceptors (Lipinski definition) is 4. The molecule has 144 valence electrons. The van der Waals surface area contributed by atoms with E-state index in [0.29, 0.717) is 19.0 Å². The van der Waals surface area contributed by atoms with Gasteiger partial charge in [0, 0.05) is 19.1 Å². The van der Waals surface area contributed by atoms with Crippen molar-refractivity contribution in [1.82, 2.24) is 4.90 Å². The van der Waals surface area contributed by atoms with Crippen molar-refractivity contribution in [2.45, 2.75) is 51.4 Å². The lowest BCUT2D eigenvalue weighted by atomic mass is 9.85. The number of nitrogens with zero attached hydrogens (tertiary/aromatic N) is 1. The molecule has 1 saturated heterocycles. The maximum absolute atomic E-state index is 11.8. The molecule has 0 aliphatic carbocycles. The third kappa shape index (κ3) is 5.18. The van der Waals surface area contributed by atoms with Gasteiger partial charge >= 0.3 is 5.97 Å². The quantitative estimate of drug-likeness (QED) is 0.722. The highest BCUT2D eigenvalue weighted by Crippen LogP contribution is 2.33. The molecule has 1 aliphatic rings. The molecule has 0 bridgehead atoms. The number of esters is 1. The van der Waals surface area contributed by atoms with Gasteiger partial charge < -0.3 is 9.84 Å². The Morgan fingerprint density at radius 3 is 1.93 bits per heavy atom. The molecule has 4 nitrogen and oxygen atoms in total. The fourth-order valence-corrected chi connectivity index (χ4v) is 3.84. The summed E-state index contributed by atoms with van der Waals surface area (Å²) in [6.07, 6.45) is 0.858. The lowest BCUT2D eigenvalue weighted by Gasteiger charge is -2.40. The van der Waals surface area contributed by atoms with E-state index < -0.39 is 5.60 Å². The SMILES string of the molecule is CC(C)C[C@H](N(Cc1ccccc1)Cc1ccccc1)[C@@]1(O)COC(=O)C1. The number of hydrogen-bond donors (Lipinski definition) is 1. The van der Waals surface area contributed by atoms with Gasteiger partial charge in [0.05, 0.1) is 6.42 Å². The van der Waals surface area contributed by atoms with E-state index >= 15 is 0 Å². The third-order valence-electron chi connectivity index (χ3n) is 5.15. The largest absolute Gasteiger partial charge is 0.462 e. The van der Waals surface area contributed by atoms with Gasteiger partial charge in [0.25, 0.3) is 0 Å². The summed E-state index contributed by atoms with van der Waals surface area (Å²) in [7, 11) is 0. The Kier molecular flexibility index (Phi) is 6.30. The van der Waals surface area contributed by atoms with Gasteiger partial charge in [-0.2, -0.15) is 0 Å². The minimum Gasteiger partial charge on any atom is -0.462 e. The number of aliphatic hydroxyl groups is 1. The number of benzene rings is 2. The van der Waals surface area contributed by atoms with Crippen molar-refractivity contribution in [3.05, 3.63) is 71.8 Å². The minimum atomic E-state index is -1.15. The fourth-order valence-electron chi connectivity index (χ4n) is 3.84. The van der Waals surface area contributed by atoms with Crippen LogP contribution in [-0.2, 0) is 22.6 Å². The number of carbonyl (C=O) groups excluding carboxylic acids is 1. The Balaban J connectivity index is 1.92. The first kappa shape index (κ1) is 19.6. The van der Waals surface area contributed by atoms with Crippen LogP contribution in [-0.4, -0.2) is 34.2 Å². The minimum absolute atomic E-state index is 0.0600. The summed E-state index contributed by atoms with van der Waals surface area (Å²) in [5.41, 5.74) is 1.23. The molecular formula is C23H29NO3. The molecule has 27 heavy (non-hydrogen) atoms. The Morgan fingerprint density at radius 1 is 1.00 bits per heavy atom. The van der Waals surface area contributed by atoms with E-state index in [1.165, 1.54) is 11.1 Å². The van der Waals surface area contributed by atoms with Crippen LogP contribution in [0.5, 0.6) is 0 Å². The first-order valence-electron chi connectivity index (χ1n) is 9.66. The second kappa shape index (κ2) is 8.68. The smallest absolute Gasteiger partial charge is 0.309 e. The Morgan fingerprint density at radius 2 is 1.52 bits per heavy atom. The lowest BCUT2D eigenvalue weighted by molar-refractivity contribution is -0.137. The monoisotopic (exact) mass is 367 g/mol. The summed E-state index contributed by atoms with van der Waals surface area (Å²) in [6.45, 7) is 5.80. The van der Waals surface area contributed by atoms with E-state index in [9.17, 15) is 9.90 Å². The van der Waals surface area contributed by atoms with Gasteiger partial charge in [-0.15, -0.1) is 0 Å². The van der Waals surface area contributed by atoms with E-state index in [2.05, 4.69) is 43.0 Å². The van der Waals surface area contributed by atoms with Crippen molar-refractivity contribution in [2.75, 3.05) is 6.61 Å². The van der Waals surface area contributed by atoms with Crippen LogP contribution in [0.25, 0.3) is 0 Å². The summed E-state index contributed by atoms with van der Waals surface area (Å²) >= 11 is 0. The second-order valence-corrected chi connectivity index (χ2v) is 7.96. The Hall–Kier alpha value is -2.17. The molecule has 0 aromatic heterocycles. The fraction of sp³-hybridized carbons (Fsp3) is 0.435. The van der Waals surface area contributed by atoms with Gasteiger partial charge in [-0.3, -0.25) is 9.69 Å². The molecule has 4 heteroatoms. The number of carbonyl (C=O) groups is 1. The molecule has 0 saturated carbocycles. The maximum Gasteiger partial charge on any atom is 0.309 e. The summed E-state index contributed by atoms with van der Waals surface area (Å²) < 4.78 is 5.17. The molecule has 0 radical (unpaired) electrons. The highest BCUT2D eigenvalue weighted by Gasteiger charge is 2.47. The first-order valence-corrected chi connectivity index (χ1v) is 9.66. The molecule has 1 N–H and O–H groups in total. The van der Waals surface area contributed by atoms with Crippen LogP contribution in [0.1, 0.15) is 37.8 Å². The average molecular weight is 367 g/mol. The van der Waals surface area contributed by atoms with Crippen molar-refractivity contribution in [2.24, 2.45) is 5.92 Å².